The minimum absolute atomic E-state index is 0.0916. The molecule has 0 aliphatic rings. The highest BCUT2D eigenvalue weighted by Crippen LogP contribution is 2.21. The molecule has 1 heterocycles. The van der Waals surface area contributed by atoms with E-state index in [2.05, 4.69) is 31.0 Å². The SMILES string of the molecule is Cn1nnc(Br)c1S(=O)(=O)Nc1cccc(F)c1. The fraction of sp³-hybridized carbons (Fsp3) is 0.111. The Morgan fingerprint density at radius 3 is 2.72 bits per heavy atom. The fourth-order valence-corrected chi connectivity index (χ4v) is 3.51. The first kappa shape index (κ1) is 13.0. The molecule has 0 bridgehead atoms. The summed E-state index contributed by atoms with van der Waals surface area (Å²) in [4.78, 5) is 0. The maximum Gasteiger partial charge on any atom is 0.281 e. The molecule has 0 atom stereocenters. The molecule has 0 spiro atoms. The number of aromatic nitrogens is 3. The lowest BCUT2D eigenvalue weighted by molar-refractivity contribution is 0.578. The van der Waals surface area contributed by atoms with Crippen molar-refractivity contribution in [2.24, 2.45) is 7.05 Å². The molecule has 0 aliphatic heterocycles. The number of hydrogen-bond acceptors (Lipinski definition) is 4. The first-order chi connectivity index (χ1) is 8.40. The molecular weight excluding hydrogens is 327 g/mol. The summed E-state index contributed by atoms with van der Waals surface area (Å²) in [5.41, 5.74) is 0.128. The topological polar surface area (TPSA) is 76.9 Å². The maximum absolute atomic E-state index is 13.0. The summed E-state index contributed by atoms with van der Waals surface area (Å²) in [6.07, 6.45) is 0. The van der Waals surface area contributed by atoms with Gasteiger partial charge in [-0.2, -0.15) is 8.42 Å². The van der Waals surface area contributed by atoms with E-state index in [1.807, 2.05) is 0 Å². The van der Waals surface area contributed by atoms with Crippen molar-refractivity contribution in [1.82, 2.24) is 15.0 Å². The van der Waals surface area contributed by atoms with Crippen LogP contribution in [0.3, 0.4) is 0 Å². The molecule has 2 aromatic rings. The van der Waals surface area contributed by atoms with Gasteiger partial charge in [0.2, 0.25) is 5.03 Å². The molecule has 1 N–H and O–H groups in total. The van der Waals surface area contributed by atoms with Gasteiger partial charge in [0.1, 0.15) is 5.82 Å². The molecular formula is C9H8BrFN4O2S. The number of nitrogens with one attached hydrogen (secondary N) is 1. The van der Waals surface area contributed by atoms with Crippen LogP contribution in [0.4, 0.5) is 10.1 Å². The Balaban J connectivity index is 2.39. The standard InChI is InChI=1S/C9H8BrFN4O2S/c1-15-9(8(10)12-14-15)18(16,17)13-7-4-2-3-6(11)5-7/h2-5,13H,1H3. The normalized spacial score (nSPS) is 11.5. The van der Waals surface area contributed by atoms with Gasteiger partial charge >= 0.3 is 0 Å². The van der Waals surface area contributed by atoms with Crippen LogP contribution in [-0.2, 0) is 17.1 Å². The second kappa shape index (κ2) is 4.65. The van der Waals surface area contributed by atoms with Crippen LogP contribution >= 0.6 is 15.9 Å². The summed E-state index contributed by atoms with van der Waals surface area (Å²) in [6, 6.07) is 5.15. The smallest absolute Gasteiger partial charge is 0.278 e. The van der Waals surface area contributed by atoms with Gasteiger partial charge in [-0.3, -0.25) is 4.72 Å². The summed E-state index contributed by atoms with van der Waals surface area (Å²) in [7, 11) is -2.43. The van der Waals surface area contributed by atoms with E-state index >= 15 is 0 Å². The molecule has 0 aliphatic carbocycles. The minimum atomic E-state index is -3.87. The fourth-order valence-electron chi connectivity index (χ4n) is 1.36. The van der Waals surface area contributed by atoms with E-state index in [0.29, 0.717) is 0 Å². The third kappa shape index (κ3) is 2.51. The monoisotopic (exact) mass is 334 g/mol. The molecule has 0 saturated heterocycles. The Hall–Kier alpha value is -1.48. The predicted molar refractivity (Wildman–Crippen MR) is 65.9 cm³/mol. The summed E-state index contributed by atoms with van der Waals surface area (Å²) < 4.78 is 40.5. The Morgan fingerprint density at radius 1 is 1.44 bits per heavy atom. The van der Waals surface area contributed by atoms with Gasteiger partial charge in [0, 0.05) is 7.05 Å². The summed E-state index contributed by atoms with van der Waals surface area (Å²) >= 11 is 2.99. The highest BCUT2D eigenvalue weighted by atomic mass is 79.9. The van der Waals surface area contributed by atoms with Gasteiger partial charge in [-0.15, -0.1) is 5.10 Å². The van der Waals surface area contributed by atoms with E-state index in [9.17, 15) is 12.8 Å². The average molecular weight is 335 g/mol. The molecule has 96 valence electrons. The second-order valence-corrected chi connectivity index (χ2v) is 5.77. The first-order valence-corrected chi connectivity index (χ1v) is 7.01. The van der Waals surface area contributed by atoms with Crippen LogP contribution < -0.4 is 4.72 Å². The number of benzene rings is 1. The van der Waals surface area contributed by atoms with Gasteiger partial charge in [-0.05, 0) is 34.1 Å². The number of anilines is 1. The molecule has 9 heteroatoms. The van der Waals surface area contributed by atoms with Crippen molar-refractivity contribution in [3.8, 4) is 0 Å². The van der Waals surface area contributed by atoms with Crippen molar-refractivity contribution < 1.29 is 12.8 Å². The average Bonchev–Trinajstić information content (AvgIpc) is 2.58. The highest BCUT2D eigenvalue weighted by molar-refractivity contribution is 9.10. The van der Waals surface area contributed by atoms with E-state index in [4.69, 9.17) is 0 Å². The lowest BCUT2D eigenvalue weighted by Gasteiger charge is -2.07. The Morgan fingerprint density at radius 2 is 2.17 bits per heavy atom. The van der Waals surface area contributed by atoms with Crippen molar-refractivity contribution in [3.05, 3.63) is 34.7 Å². The third-order valence-electron chi connectivity index (χ3n) is 2.07. The van der Waals surface area contributed by atoms with Crippen LogP contribution in [0, 0.1) is 5.82 Å². The van der Waals surface area contributed by atoms with Crippen LogP contribution in [0.2, 0.25) is 0 Å². The van der Waals surface area contributed by atoms with E-state index in [0.717, 1.165) is 10.7 Å². The van der Waals surface area contributed by atoms with Gasteiger partial charge in [0.25, 0.3) is 10.0 Å². The second-order valence-electron chi connectivity index (χ2n) is 3.42. The quantitative estimate of drug-likeness (QED) is 0.923. The van der Waals surface area contributed by atoms with Gasteiger partial charge < -0.3 is 0 Å². The van der Waals surface area contributed by atoms with Crippen molar-refractivity contribution in [3.63, 3.8) is 0 Å². The number of aryl methyl sites for hydroxylation is 1. The van der Waals surface area contributed by atoms with Crippen LogP contribution in [0.5, 0.6) is 0 Å². The first-order valence-electron chi connectivity index (χ1n) is 4.74. The van der Waals surface area contributed by atoms with Crippen molar-refractivity contribution in [1.29, 1.82) is 0 Å². The molecule has 1 aromatic carbocycles. The van der Waals surface area contributed by atoms with Crippen molar-refractivity contribution in [2.75, 3.05) is 4.72 Å². The van der Waals surface area contributed by atoms with Crippen molar-refractivity contribution >= 4 is 31.6 Å². The third-order valence-corrected chi connectivity index (χ3v) is 4.34. The maximum atomic E-state index is 13.0. The van der Waals surface area contributed by atoms with Crippen LogP contribution in [0.25, 0.3) is 0 Å². The largest absolute Gasteiger partial charge is 0.281 e. The van der Waals surface area contributed by atoms with Crippen molar-refractivity contribution in [2.45, 2.75) is 5.03 Å². The summed E-state index contributed by atoms with van der Waals surface area (Å²) in [6.45, 7) is 0. The highest BCUT2D eigenvalue weighted by Gasteiger charge is 2.23. The van der Waals surface area contributed by atoms with Crippen LogP contribution in [-0.4, -0.2) is 23.4 Å². The Kier molecular flexibility index (Phi) is 3.35. The van der Waals surface area contributed by atoms with E-state index in [1.165, 1.54) is 25.2 Å². The van der Waals surface area contributed by atoms with E-state index in [1.54, 1.807) is 0 Å². The van der Waals surface area contributed by atoms with Gasteiger partial charge in [0.05, 0.1) is 5.69 Å². The molecule has 1 aromatic heterocycles. The van der Waals surface area contributed by atoms with Gasteiger partial charge in [-0.1, -0.05) is 11.3 Å². The molecule has 18 heavy (non-hydrogen) atoms. The Labute approximate surface area is 111 Å². The molecule has 6 nitrogen and oxygen atoms in total. The number of halogens is 2. The summed E-state index contributed by atoms with van der Waals surface area (Å²) in [5.74, 6) is -0.530. The van der Waals surface area contributed by atoms with Gasteiger partial charge in [-0.25, -0.2) is 9.07 Å². The molecule has 2 rings (SSSR count). The van der Waals surface area contributed by atoms with Gasteiger partial charge in [0.15, 0.2) is 4.60 Å². The zero-order valence-corrected chi connectivity index (χ0v) is 11.5. The molecule has 0 amide bonds. The number of hydrogen-bond donors (Lipinski definition) is 1. The van der Waals surface area contributed by atoms with E-state index < -0.39 is 15.8 Å². The number of sulfonamides is 1. The zero-order chi connectivity index (χ0) is 13.3. The molecule has 0 saturated carbocycles. The molecule has 0 fully saturated rings. The Bertz CT molecular complexity index is 666. The van der Waals surface area contributed by atoms with Crippen LogP contribution in [0.15, 0.2) is 33.9 Å². The zero-order valence-electron chi connectivity index (χ0n) is 9.13. The van der Waals surface area contributed by atoms with E-state index in [-0.39, 0.29) is 15.3 Å². The summed E-state index contributed by atoms with van der Waals surface area (Å²) in [5, 5.41) is 7.01. The predicted octanol–water partition coefficient (Wildman–Crippen LogP) is 1.52. The lowest BCUT2D eigenvalue weighted by Crippen LogP contribution is -2.17. The minimum Gasteiger partial charge on any atom is -0.278 e. The van der Waals surface area contributed by atoms with Crippen LogP contribution in [0.1, 0.15) is 0 Å². The molecule has 0 unspecified atom stereocenters. The number of rotatable bonds is 3. The molecule has 0 radical (unpaired) electrons. The number of nitrogens with zero attached hydrogens (tertiary/aromatic N) is 3. The lowest BCUT2D eigenvalue weighted by atomic mass is 10.3.